The van der Waals surface area contributed by atoms with E-state index in [-0.39, 0.29) is 22.6 Å². The van der Waals surface area contributed by atoms with Crippen LogP contribution in [0.15, 0.2) is 0 Å². The molecule has 0 bridgehead atoms. The van der Waals surface area contributed by atoms with Gasteiger partial charge in [-0.1, -0.05) is 44.7 Å². The van der Waals surface area contributed by atoms with Gasteiger partial charge < -0.3 is 19.7 Å². The van der Waals surface area contributed by atoms with Crippen molar-refractivity contribution in [3.8, 4) is 11.9 Å². The molecule has 2 unspecified atom stereocenters. The van der Waals surface area contributed by atoms with E-state index in [0.717, 1.165) is 32.4 Å². The monoisotopic (exact) mass is 485 g/mol. The summed E-state index contributed by atoms with van der Waals surface area (Å²) in [5.41, 5.74) is 0.0695. The van der Waals surface area contributed by atoms with Gasteiger partial charge >= 0.3 is 6.01 Å². The average Bonchev–Trinajstić information content (AvgIpc) is 3.34. The van der Waals surface area contributed by atoms with Crippen molar-refractivity contribution in [1.82, 2.24) is 20.3 Å². The zero-order valence-electron chi connectivity index (χ0n) is 19.7. The van der Waals surface area contributed by atoms with Crippen LogP contribution in [0.3, 0.4) is 0 Å². The van der Waals surface area contributed by atoms with E-state index in [2.05, 4.69) is 27.2 Å². The minimum absolute atomic E-state index is 0.0695. The van der Waals surface area contributed by atoms with E-state index in [9.17, 15) is 8.78 Å². The number of alkyl halides is 1. The van der Waals surface area contributed by atoms with Gasteiger partial charge in [0, 0.05) is 12.6 Å². The second-order valence-electron chi connectivity index (χ2n) is 8.41. The van der Waals surface area contributed by atoms with Crippen LogP contribution in [-0.4, -0.2) is 54.1 Å². The lowest BCUT2D eigenvalue weighted by molar-refractivity contribution is 0.279. The van der Waals surface area contributed by atoms with Gasteiger partial charge in [-0.3, -0.25) is 0 Å². The molecule has 0 aromatic carbocycles. The summed E-state index contributed by atoms with van der Waals surface area (Å²) in [5, 5.41) is 3.45. The molecule has 0 spiro atoms. The number of pyridine rings is 1. The highest BCUT2D eigenvalue weighted by atomic mass is 35.5. The molecular formula is C23H34ClF2N5O2. The van der Waals surface area contributed by atoms with Gasteiger partial charge in [0.25, 0.3) is 0 Å². The summed E-state index contributed by atoms with van der Waals surface area (Å²) >= 11 is 5.82. The summed E-state index contributed by atoms with van der Waals surface area (Å²) in [6.07, 6.45) is 7.66. The normalized spacial score (nSPS) is 18.0. The number of nitrogens with zero attached hydrogens (tertiary/aromatic N) is 4. The highest BCUT2D eigenvalue weighted by molar-refractivity contribution is 6.30. The Hall–Kier alpha value is -2.00. The van der Waals surface area contributed by atoms with Crippen LogP contribution in [0.25, 0.3) is 10.9 Å². The molecule has 0 radical (unpaired) electrons. The van der Waals surface area contributed by atoms with Crippen molar-refractivity contribution in [2.24, 2.45) is 0 Å². The molecule has 4 rings (SSSR count). The molecular weight excluding hydrogens is 452 g/mol. The molecule has 2 aromatic heterocycles. The van der Waals surface area contributed by atoms with Gasteiger partial charge in [0.05, 0.1) is 7.11 Å². The first kappa shape index (κ1) is 25.6. The Kier molecular flexibility index (Phi) is 9.67. The summed E-state index contributed by atoms with van der Waals surface area (Å²) in [6, 6.07) is 0.565. The molecule has 1 fully saturated rings. The van der Waals surface area contributed by atoms with Crippen molar-refractivity contribution in [2.75, 3.05) is 31.8 Å². The molecule has 2 aliphatic rings. The minimum atomic E-state index is -0.691. The largest absolute Gasteiger partial charge is 0.467 e. The number of hydrogen-bond acceptors (Lipinski definition) is 7. The fraction of sp³-hybridized carbons (Fsp3) is 0.696. The Bertz CT molecular complexity index is 914. The van der Waals surface area contributed by atoms with Gasteiger partial charge in [0.2, 0.25) is 5.88 Å². The van der Waals surface area contributed by atoms with Crippen LogP contribution in [0, 0.1) is 5.82 Å². The van der Waals surface area contributed by atoms with E-state index >= 15 is 0 Å². The summed E-state index contributed by atoms with van der Waals surface area (Å²) in [5.74, 6) is 0.144. The van der Waals surface area contributed by atoms with Crippen LogP contribution in [0.5, 0.6) is 11.9 Å². The molecule has 2 atom stereocenters. The van der Waals surface area contributed by atoms with Gasteiger partial charge in [0.1, 0.15) is 17.1 Å². The maximum Gasteiger partial charge on any atom is 0.318 e. The smallest absolute Gasteiger partial charge is 0.318 e. The van der Waals surface area contributed by atoms with Crippen molar-refractivity contribution in [2.45, 2.75) is 77.4 Å². The van der Waals surface area contributed by atoms with Crippen LogP contribution in [-0.2, 0) is 0 Å². The average molecular weight is 486 g/mol. The lowest BCUT2D eigenvalue weighted by Gasteiger charge is -2.29. The second-order valence-corrected chi connectivity index (χ2v) is 8.77. The predicted molar refractivity (Wildman–Crippen MR) is 127 cm³/mol. The number of ether oxygens (including phenoxy) is 2. The molecule has 2 aromatic rings. The molecule has 4 heterocycles. The van der Waals surface area contributed by atoms with Crippen molar-refractivity contribution < 1.29 is 18.3 Å². The molecule has 2 aliphatic heterocycles. The topological polar surface area (TPSA) is 72.4 Å². The third-order valence-corrected chi connectivity index (χ3v) is 6.19. The quantitative estimate of drug-likeness (QED) is 0.374. The molecule has 33 heavy (non-hydrogen) atoms. The second kappa shape index (κ2) is 12.5. The van der Waals surface area contributed by atoms with Crippen LogP contribution < -0.4 is 19.7 Å². The summed E-state index contributed by atoms with van der Waals surface area (Å²) in [4.78, 5) is 14.3. The molecule has 0 aliphatic carbocycles. The Labute approximate surface area is 199 Å². The number of anilines is 1. The first-order valence-electron chi connectivity index (χ1n) is 11.8. The number of methoxy groups -OCH3 is 1. The standard InChI is InChI=1S/C15H18ClFN4O2.C8H16FN/c1-3-4-5-6-7-21-8-23-14-9-11(10(17)12(16)19-14)18-15(22-2)20-13(9)21;1-2-7(9)6-8-4-3-5-10-8/h3-8H2,1-2H3;7-8,10H,2-6H2,1H3. The highest BCUT2D eigenvalue weighted by Crippen LogP contribution is 2.39. The molecule has 1 N–H and O–H groups in total. The molecule has 0 saturated carbocycles. The molecule has 1 saturated heterocycles. The third kappa shape index (κ3) is 6.53. The Morgan fingerprint density at radius 3 is 2.73 bits per heavy atom. The zero-order valence-corrected chi connectivity index (χ0v) is 20.4. The fourth-order valence-corrected chi connectivity index (χ4v) is 4.20. The fourth-order valence-electron chi connectivity index (χ4n) is 4.03. The van der Waals surface area contributed by atoms with Gasteiger partial charge in [-0.25, -0.2) is 8.78 Å². The first-order chi connectivity index (χ1) is 16.0. The van der Waals surface area contributed by atoms with Gasteiger partial charge in [-0.05, 0) is 38.6 Å². The molecule has 10 heteroatoms. The van der Waals surface area contributed by atoms with Crippen molar-refractivity contribution >= 4 is 28.3 Å². The Balaban J connectivity index is 0.000000257. The lowest BCUT2D eigenvalue weighted by atomic mass is 10.1. The number of unbranched alkanes of at least 4 members (excludes halogenated alkanes) is 3. The summed E-state index contributed by atoms with van der Waals surface area (Å²) < 4.78 is 37.8. The van der Waals surface area contributed by atoms with Crippen LogP contribution in [0.4, 0.5) is 14.6 Å². The number of nitrogens with one attached hydrogen (secondary N) is 1. The summed E-state index contributed by atoms with van der Waals surface area (Å²) in [6.45, 7) is 6.21. The van der Waals surface area contributed by atoms with Crippen molar-refractivity contribution in [1.29, 1.82) is 0 Å². The maximum absolute atomic E-state index is 14.3. The Morgan fingerprint density at radius 2 is 2.06 bits per heavy atom. The van der Waals surface area contributed by atoms with E-state index < -0.39 is 12.0 Å². The number of hydrogen-bond donors (Lipinski definition) is 1. The lowest BCUT2D eigenvalue weighted by Crippen LogP contribution is -2.33. The molecule has 7 nitrogen and oxygen atoms in total. The van der Waals surface area contributed by atoms with E-state index in [4.69, 9.17) is 21.1 Å². The van der Waals surface area contributed by atoms with Gasteiger partial charge in [-0.2, -0.15) is 15.0 Å². The zero-order chi connectivity index (χ0) is 23.8. The predicted octanol–water partition coefficient (Wildman–Crippen LogP) is 5.44. The third-order valence-electron chi connectivity index (χ3n) is 5.94. The minimum Gasteiger partial charge on any atom is -0.467 e. The number of halogens is 3. The van der Waals surface area contributed by atoms with Gasteiger partial charge in [-0.15, -0.1) is 0 Å². The SMILES string of the molecule is CCC(F)CC1CCCN1.CCCCCCN1COc2nc(Cl)c(F)c3nc(OC)nc1c23. The Morgan fingerprint density at radius 1 is 1.24 bits per heavy atom. The molecule has 184 valence electrons. The number of rotatable bonds is 9. The molecule has 0 amide bonds. The highest BCUT2D eigenvalue weighted by Gasteiger charge is 2.28. The van der Waals surface area contributed by atoms with Crippen molar-refractivity contribution in [3.05, 3.63) is 11.0 Å². The maximum atomic E-state index is 14.3. The first-order valence-corrected chi connectivity index (χ1v) is 12.2. The van der Waals surface area contributed by atoms with Crippen LogP contribution in [0.2, 0.25) is 5.15 Å². The van der Waals surface area contributed by atoms with Crippen molar-refractivity contribution in [3.63, 3.8) is 0 Å². The van der Waals surface area contributed by atoms with Gasteiger partial charge in [0.15, 0.2) is 23.5 Å². The van der Waals surface area contributed by atoms with E-state index in [1.165, 1.54) is 32.8 Å². The van der Waals surface area contributed by atoms with Crippen LogP contribution in [0.1, 0.15) is 65.2 Å². The van der Waals surface area contributed by atoms with Crippen LogP contribution >= 0.6 is 11.6 Å². The van der Waals surface area contributed by atoms with E-state index in [1.54, 1.807) is 0 Å². The summed E-state index contributed by atoms with van der Waals surface area (Å²) in [7, 11) is 1.44. The van der Waals surface area contributed by atoms with E-state index in [1.807, 2.05) is 11.8 Å². The van der Waals surface area contributed by atoms with E-state index in [0.29, 0.717) is 30.4 Å². The number of aromatic nitrogens is 3.